The number of hydrogen-bond donors (Lipinski definition) is 0. The molecule has 5 nitrogen and oxygen atoms in total. The first-order chi connectivity index (χ1) is 9.08. The van der Waals surface area contributed by atoms with E-state index in [4.69, 9.17) is 4.74 Å². The van der Waals surface area contributed by atoms with Gasteiger partial charge in [-0.25, -0.2) is 0 Å². The van der Waals surface area contributed by atoms with Crippen molar-refractivity contribution in [3.05, 3.63) is 36.1 Å². The monoisotopic (exact) mass is 280 g/mol. The van der Waals surface area contributed by atoms with Crippen LogP contribution in [0, 0.1) is 5.92 Å². The number of allylic oxidation sites excluding steroid dienone is 5. The van der Waals surface area contributed by atoms with Crippen LogP contribution in [0.5, 0.6) is 0 Å². The average Bonchev–Trinajstić information content (AvgIpc) is 2.38. The lowest BCUT2D eigenvalue weighted by Gasteiger charge is -2.16. The van der Waals surface area contributed by atoms with Gasteiger partial charge in [-0.1, -0.05) is 18.2 Å². The standard InChI is InChI=1S/C13H12O5S/c14-9-4-3-5-10(8-9)18-13(15)11-6-1-2-7-12(11)19(16)17/h1-2,6-8,11H,3-5H2. The zero-order valence-corrected chi connectivity index (χ0v) is 10.9. The molecule has 0 amide bonds. The van der Waals surface area contributed by atoms with Crippen molar-refractivity contribution >= 4 is 26.9 Å². The highest BCUT2D eigenvalue weighted by Gasteiger charge is 2.26. The van der Waals surface area contributed by atoms with E-state index in [2.05, 4.69) is 0 Å². The summed E-state index contributed by atoms with van der Waals surface area (Å²) >= 11 is 0. The first-order valence-corrected chi connectivity index (χ1v) is 6.91. The molecule has 0 aromatic heterocycles. The van der Waals surface area contributed by atoms with Gasteiger partial charge in [-0.2, -0.15) is 8.42 Å². The molecular weight excluding hydrogens is 268 g/mol. The number of hydrogen-bond acceptors (Lipinski definition) is 5. The molecule has 2 aliphatic rings. The van der Waals surface area contributed by atoms with Gasteiger partial charge in [0, 0.05) is 18.9 Å². The van der Waals surface area contributed by atoms with E-state index in [1.165, 1.54) is 24.3 Å². The Bertz CT molecular complexity index is 626. The number of rotatable bonds is 2. The molecule has 1 unspecified atom stereocenters. The molecule has 19 heavy (non-hydrogen) atoms. The summed E-state index contributed by atoms with van der Waals surface area (Å²) in [6.45, 7) is 0. The van der Waals surface area contributed by atoms with Crippen LogP contribution in [0.25, 0.3) is 0 Å². The summed E-state index contributed by atoms with van der Waals surface area (Å²) in [6, 6.07) is 0. The van der Waals surface area contributed by atoms with E-state index >= 15 is 0 Å². The van der Waals surface area contributed by atoms with Crippen LogP contribution in [0.4, 0.5) is 0 Å². The van der Waals surface area contributed by atoms with Crippen LogP contribution in [0.2, 0.25) is 0 Å². The first kappa shape index (κ1) is 13.5. The Balaban J connectivity index is 2.16. The fourth-order valence-electron chi connectivity index (χ4n) is 1.91. The summed E-state index contributed by atoms with van der Waals surface area (Å²) in [7, 11) is -2.47. The summed E-state index contributed by atoms with van der Waals surface area (Å²) in [5.74, 6) is -1.40. The maximum atomic E-state index is 11.9. The first-order valence-electron chi connectivity index (χ1n) is 5.84. The third-order valence-corrected chi connectivity index (χ3v) is 3.60. The van der Waals surface area contributed by atoms with E-state index in [9.17, 15) is 18.0 Å². The lowest BCUT2D eigenvalue weighted by molar-refractivity contribution is -0.140. The SMILES string of the molecule is O=C1C=C(OC(=O)C2C=CC=CC2=S(=O)=O)CCC1. The van der Waals surface area contributed by atoms with E-state index in [1.807, 2.05) is 0 Å². The lowest BCUT2D eigenvalue weighted by Crippen LogP contribution is -2.25. The largest absolute Gasteiger partial charge is 0.430 e. The number of esters is 1. The molecule has 0 heterocycles. The molecule has 0 saturated heterocycles. The van der Waals surface area contributed by atoms with Gasteiger partial charge in [-0.3, -0.25) is 9.59 Å². The van der Waals surface area contributed by atoms with Crippen LogP contribution < -0.4 is 0 Å². The summed E-state index contributed by atoms with van der Waals surface area (Å²) in [5.41, 5.74) is 0. The summed E-state index contributed by atoms with van der Waals surface area (Å²) in [4.78, 5) is 23.1. The minimum Gasteiger partial charge on any atom is -0.430 e. The molecule has 0 radical (unpaired) electrons. The molecule has 1 atom stereocenters. The van der Waals surface area contributed by atoms with Crippen molar-refractivity contribution in [2.75, 3.05) is 0 Å². The highest BCUT2D eigenvalue weighted by atomic mass is 32.2. The maximum Gasteiger partial charge on any atom is 0.323 e. The van der Waals surface area contributed by atoms with Gasteiger partial charge in [0.15, 0.2) is 5.78 Å². The number of carbonyl (C=O) groups is 2. The third kappa shape index (κ3) is 3.29. The van der Waals surface area contributed by atoms with Crippen LogP contribution in [0.15, 0.2) is 36.1 Å². The zero-order chi connectivity index (χ0) is 13.8. The molecule has 0 N–H and O–H groups in total. The van der Waals surface area contributed by atoms with Crippen molar-refractivity contribution in [3.8, 4) is 0 Å². The maximum absolute atomic E-state index is 11.9. The molecule has 0 aromatic rings. The predicted octanol–water partition coefficient (Wildman–Crippen LogP) is 0.960. The second kappa shape index (κ2) is 5.79. The molecule has 100 valence electrons. The number of ether oxygens (including phenoxy) is 1. The van der Waals surface area contributed by atoms with Crippen molar-refractivity contribution in [1.82, 2.24) is 0 Å². The van der Waals surface area contributed by atoms with Crippen LogP contribution in [-0.2, 0) is 24.6 Å². The molecular formula is C13H12O5S. The highest BCUT2D eigenvalue weighted by Crippen LogP contribution is 2.19. The quantitative estimate of drug-likeness (QED) is 0.556. The van der Waals surface area contributed by atoms with Gasteiger partial charge in [0.1, 0.15) is 11.7 Å². The van der Waals surface area contributed by atoms with E-state index in [1.54, 1.807) is 6.08 Å². The van der Waals surface area contributed by atoms with Crippen molar-refractivity contribution in [2.45, 2.75) is 19.3 Å². The van der Waals surface area contributed by atoms with Gasteiger partial charge < -0.3 is 4.74 Å². The predicted molar refractivity (Wildman–Crippen MR) is 68.7 cm³/mol. The number of ketones is 1. The van der Waals surface area contributed by atoms with Crippen LogP contribution >= 0.6 is 0 Å². The molecule has 0 saturated carbocycles. The Morgan fingerprint density at radius 1 is 1.26 bits per heavy atom. The molecule has 6 heteroatoms. The minimum absolute atomic E-state index is 0.0322. The van der Waals surface area contributed by atoms with E-state index in [-0.39, 0.29) is 10.6 Å². The second-order valence-electron chi connectivity index (χ2n) is 4.21. The molecule has 0 aliphatic heterocycles. The van der Waals surface area contributed by atoms with Crippen molar-refractivity contribution in [3.63, 3.8) is 0 Å². The van der Waals surface area contributed by atoms with Gasteiger partial charge >= 0.3 is 5.97 Å². The second-order valence-corrected chi connectivity index (χ2v) is 5.15. The van der Waals surface area contributed by atoms with Crippen LogP contribution in [-0.4, -0.2) is 25.0 Å². The minimum atomic E-state index is -2.47. The summed E-state index contributed by atoms with van der Waals surface area (Å²) in [6.07, 6.45) is 8.85. The molecule has 0 spiro atoms. The third-order valence-electron chi connectivity index (χ3n) is 2.83. The Hall–Kier alpha value is -1.95. The highest BCUT2D eigenvalue weighted by molar-refractivity contribution is 7.73. The average molecular weight is 280 g/mol. The topological polar surface area (TPSA) is 77.5 Å². The molecule has 0 aromatic carbocycles. The summed E-state index contributed by atoms with van der Waals surface area (Å²) in [5, 5.41) is 0. The Morgan fingerprint density at radius 3 is 2.74 bits per heavy atom. The molecule has 0 bridgehead atoms. The molecule has 0 fully saturated rings. The van der Waals surface area contributed by atoms with E-state index in [0.29, 0.717) is 25.0 Å². The molecule has 2 rings (SSSR count). The normalized spacial score (nSPS) is 22.1. The van der Waals surface area contributed by atoms with Gasteiger partial charge in [0.25, 0.3) is 0 Å². The lowest BCUT2D eigenvalue weighted by atomic mass is 10.0. The van der Waals surface area contributed by atoms with Gasteiger partial charge in [-0.15, -0.1) is 0 Å². The van der Waals surface area contributed by atoms with Crippen molar-refractivity contribution in [1.29, 1.82) is 0 Å². The fourth-order valence-corrected chi connectivity index (χ4v) is 2.48. The Labute approximate surface area is 111 Å². The zero-order valence-electron chi connectivity index (χ0n) is 10.0. The fraction of sp³-hybridized carbons (Fsp3) is 0.308. The molecule has 2 aliphatic carbocycles. The van der Waals surface area contributed by atoms with Crippen molar-refractivity contribution in [2.24, 2.45) is 5.92 Å². The van der Waals surface area contributed by atoms with Gasteiger partial charge in [0.2, 0.25) is 10.3 Å². The summed E-state index contributed by atoms with van der Waals surface area (Å²) < 4.78 is 27.1. The Kier molecular flexibility index (Phi) is 4.11. The van der Waals surface area contributed by atoms with Crippen LogP contribution in [0.3, 0.4) is 0 Å². The Morgan fingerprint density at radius 2 is 2.05 bits per heavy atom. The van der Waals surface area contributed by atoms with Crippen LogP contribution in [0.1, 0.15) is 19.3 Å². The van der Waals surface area contributed by atoms with Crippen molar-refractivity contribution < 1.29 is 22.7 Å². The van der Waals surface area contributed by atoms with E-state index in [0.717, 1.165) is 0 Å². The smallest absolute Gasteiger partial charge is 0.323 e. The van der Waals surface area contributed by atoms with Gasteiger partial charge in [-0.05, 0) is 12.5 Å². The van der Waals surface area contributed by atoms with E-state index < -0.39 is 22.2 Å². The van der Waals surface area contributed by atoms with Gasteiger partial charge in [0.05, 0.1) is 4.86 Å². The number of carbonyl (C=O) groups excluding carboxylic acids is 2.